The van der Waals surface area contributed by atoms with Crippen molar-refractivity contribution in [2.45, 2.75) is 50.9 Å². The van der Waals surface area contributed by atoms with Gasteiger partial charge in [-0.2, -0.15) is 5.10 Å². The third-order valence-corrected chi connectivity index (χ3v) is 10.0. The predicted molar refractivity (Wildman–Crippen MR) is 151 cm³/mol. The molecule has 10 heteroatoms. The van der Waals surface area contributed by atoms with Gasteiger partial charge in [0.2, 0.25) is 5.91 Å². The number of rotatable bonds is 6. The number of halogens is 2. The highest BCUT2D eigenvalue weighted by Gasteiger charge is 2.46. The Hall–Kier alpha value is -2.65. The third-order valence-electron chi connectivity index (χ3n) is 9.74. The Morgan fingerprint density at radius 1 is 1.18 bits per heavy atom. The van der Waals surface area contributed by atoms with Crippen LogP contribution in [0.2, 0.25) is 5.02 Å². The molecule has 212 valence electrons. The number of nitrogen functional groups attached to an aromatic ring is 1. The first-order valence-corrected chi connectivity index (χ1v) is 14.5. The van der Waals surface area contributed by atoms with Gasteiger partial charge >= 0.3 is 0 Å². The first kappa shape index (κ1) is 27.9. The van der Waals surface area contributed by atoms with E-state index in [0.29, 0.717) is 41.0 Å². The fraction of sp³-hybridized carbons (Fsp3) is 0.621. The number of hydrogen-bond acceptors (Lipinski definition) is 6. The second kappa shape index (κ2) is 11.5. The number of amides is 1. The second-order valence-electron chi connectivity index (χ2n) is 11.9. The Balaban J connectivity index is 0.000000261. The zero-order valence-corrected chi connectivity index (χ0v) is 23.6. The summed E-state index contributed by atoms with van der Waals surface area (Å²) in [6.45, 7) is 4.09. The number of hydrogen-bond donors (Lipinski definition) is 3. The molecule has 3 saturated heterocycles. The smallest absolute Gasteiger partial charge is 0.226 e. The van der Waals surface area contributed by atoms with E-state index in [0.717, 1.165) is 76.0 Å². The normalized spacial score (nSPS) is 30.8. The van der Waals surface area contributed by atoms with E-state index in [1.165, 1.54) is 25.0 Å². The summed E-state index contributed by atoms with van der Waals surface area (Å²) < 4.78 is 14.1. The average molecular weight is 559 g/mol. The van der Waals surface area contributed by atoms with Gasteiger partial charge in [-0.15, -0.1) is 0 Å². The maximum absolute atomic E-state index is 12.9. The molecule has 2 aromatic rings. The molecule has 1 amide bonds. The number of nitrogens with two attached hydrogens (primary N) is 1. The molecule has 7 rings (SSSR count). The van der Waals surface area contributed by atoms with Crippen LogP contribution in [0, 0.1) is 29.0 Å². The molecule has 0 radical (unpaired) electrons. The van der Waals surface area contributed by atoms with E-state index < -0.39 is 0 Å². The number of carbonyl (C=O) groups excluding carboxylic acids is 2. The summed E-state index contributed by atoms with van der Waals surface area (Å²) in [5, 5.41) is 10.9. The number of aromatic nitrogens is 2. The summed E-state index contributed by atoms with van der Waals surface area (Å²) in [5.74, 6) is 2.69. The Labute approximate surface area is 234 Å². The molecule has 1 aromatic heterocycles. The van der Waals surface area contributed by atoms with E-state index in [9.17, 15) is 14.0 Å². The maximum atomic E-state index is 12.9. The average Bonchev–Trinajstić information content (AvgIpc) is 3.61. The van der Waals surface area contributed by atoms with Gasteiger partial charge in [0.25, 0.3) is 0 Å². The van der Waals surface area contributed by atoms with Gasteiger partial charge < -0.3 is 21.3 Å². The standard InChI is InChI=1S/C22H33N5O2.C7H7ClFN/c1-26-20(23)18(13-28)19(25-26)17-10-15-8-14(9-16(15)11-17)12-24-21(29)22-2-5-27(6-3-22)7-4-22;1-10-5-2-3-7(9)6(8)4-5/h13-17H,2-12,23H2,1H3,(H,24,29);2-4,10H,1H3. The molecule has 2 bridgehead atoms. The molecular weight excluding hydrogens is 519 g/mol. The van der Waals surface area contributed by atoms with Crippen LogP contribution in [0.1, 0.15) is 66.9 Å². The molecule has 2 aliphatic carbocycles. The summed E-state index contributed by atoms with van der Waals surface area (Å²) in [5.41, 5.74) is 8.20. The first-order chi connectivity index (χ1) is 18.7. The van der Waals surface area contributed by atoms with Gasteiger partial charge in [-0.05, 0) is 101 Å². The van der Waals surface area contributed by atoms with Crippen LogP contribution in [0.15, 0.2) is 18.2 Å². The highest BCUT2D eigenvalue weighted by Crippen LogP contribution is 2.52. The number of benzene rings is 1. The summed E-state index contributed by atoms with van der Waals surface area (Å²) >= 11 is 5.48. The Kier molecular flexibility index (Phi) is 8.19. The minimum Gasteiger partial charge on any atom is -0.388 e. The van der Waals surface area contributed by atoms with Crippen molar-refractivity contribution < 1.29 is 14.0 Å². The summed E-state index contributed by atoms with van der Waals surface area (Å²) in [4.78, 5) is 26.9. The van der Waals surface area contributed by atoms with E-state index in [1.807, 2.05) is 0 Å². The fourth-order valence-electron chi connectivity index (χ4n) is 7.37. The lowest BCUT2D eigenvalue weighted by Gasteiger charge is -2.47. The molecule has 4 heterocycles. The van der Waals surface area contributed by atoms with Gasteiger partial charge in [0.15, 0.2) is 6.29 Å². The Morgan fingerprint density at radius 3 is 2.38 bits per heavy atom. The number of piperidine rings is 3. The number of anilines is 2. The molecule has 39 heavy (non-hydrogen) atoms. The molecule has 1 aromatic carbocycles. The van der Waals surface area contributed by atoms with Crippen molar-refractivity contribution in [2.24, 2.45) is 30.2 Å². The van der Waals surface area contributed by atoms with E-state index >= 15 is 0 Å². The molecule has 2 unspecified atom stereocenters. The lowest BCUT2D eigenvalue weighted by atomic mass is 9.71. The number of aryl methyl sites for hydroxylation is 1. The first-order valence-electron chi connectivity index (χ1n) is 14.1. The van der Waals surface area contributed by atoms with Crippen molar-refractivity contribution >= 4 is 35.3 Å². The van der Waals surface area contributed by atoms with E-state index in [1.54, 1.807) is 24.8 Å². The van der Waals surface area contributed by atoms with Crippen LogP contribution < -0.4 is 16.4 Å². The highest BCUT2D eigenvalue weighted by atomic mass is 35.5. The van der Waals surface area contributed by atoms with Crippen LogP contribution in [-0.4, -0.2) is 60.1 Å². The molecule has 4 N–H and O–H groups in total. The van der Waals surface area contributed by atoms with Crippen LogP contribution in [0.4, 0.5) is 15.9 Å². The van der Waals surface area contributed by atoms with Crippen molar-refractivity contribution in [1.82, 2.24) is 20.0 Å². The zero-order valence-electron chi connectivity index (χ0n) is 22.9. The minimum atomic E-state index is -0.388. The largest absolute Gasteiger partial charge is 0.388 e. The molecule has 5 aliphatic rings. The van der Waals surface area contributed by atoms with Crippen LogP contribution in [0.5, 0.6) is 0 Å². The molecule has 8 nitrogen and oxygen atoms in total. The number of nitrogens with zero attached hydrogens (tertiary/aromatic N) is 3. The van der Waals surface area contributed by atoms with E-state index in [-0.39, 0.29) is 16.3 Å². The van der Waals surface area contributed by atoms with Crippen molar-refractivity contribution in [1.29, 1.82) is 0 Å². The van der Waals surface area contributed by atoms with Crippen molar-refractivity contribution in [3.63, 3.8) is 0 Å². The third kappa shape index (κ3) is 5.66. The van der Waals surface area contributed by atoms with Gasteiger partial charge in [0.05, 0.1) is 21.7 Å². The minimum absolute atomic E-state index is 0.0849. The lowest BCUT2D eigenvalue weighted by molar-refractivity contribution is -0.138. The fourth-order valence-corrected chi connectivity index (χ4v) is 7.55. The second-order valence-corrected chi connectivity index (χ2v) is 12.3. The van der Waals surface area contributed by atoms with Gasteiger partial charge in [-0.1, -0.05) is 11.6 Å². The topological polar surface area (TPSA) is 105 Å². The van der Waals surface area contributed by atoms with E-state index in [2.05, 4.69) is 20.6 Å². The molecule has 5 fully saturated rings. The summed E-state index contributed by atoms with van der Waals surface area (Å²) in [6.07, 6.45) is 8.49. The highest BCUT2D eigenvalue weighted by molar-refractivity contribution is 6.31. The van der Waals surface area contributed by atoms with Gasteiger partial charge in [0, 0.05) is 32.2 Å². The summed E-state index contributed by atoms with van der Waals surface area (Å²) in [6, 6.07) is 4.49. The molecular formula is C29H40ClFN6O2. The van der Waals surface area contributed by atoms with Crippen LogP contribution in [0.25, 0.3) is 0 Å². The van der Waals surface area contributed by atoms with Crippen molar-refractivity contribution in [3.8, 4) is 0 Å². The monoisotopic (exact) mass is 558 g/mol. The number of carbonyl (C=O) groups is 2. The quantitative estimate of drug-likeness (QED) is 0.452. The molecule has 2 atom stereocenters. The Morgan fingerprint density at radius 2 is 1.82 bits per heavy atom. The van der Waals surface area contributed by atoms with Crippen molar-refractivity contribution in [2.75, 3.05) is 44.3 Å². The molecule has 0 spiro atoms. The van der Waals surface area contributed by atoms with Crippen LogP contribution in [-0.2, 0) is 11.8 Å². The molecule has 2 saturated carbocycles. The Bertz CT molecular complexity index is 1180. The van der Waals surface area contributed by atoms with Gasteiger partial charge in [-0.3, -0.25) is 14.3 Å². The van der Waals surface area contributed by atoms with E-state index in [4.69, 9.17) is 17.3 Å². The van der Waals surface area contributed by atoms with Gasteiger partial charge in [-0.25, -0.2) is 4.39 Å². The van der Waals surface area contributed by atoms with Crippen molar-refractivity contribution in [3.05, 3.63) is 40.3 Å². The molecule has 3 aliphatic heterocycles. The SMILES string of the molecule is CNc1ccc(F)c(Cl)c1.Cn1nc(C2CC3CC(CNC(=O)C45CCN(CC4)CC5)CC3C2)c(C=O)c1N. The van der Waals surface area contributed by atoms with Crippen LogP contribution in [0.3, 0.4) is 0 Å². The zero-order chi connectivity index (χ0) is 27.7. The number of nitrogens with one attached hydrogen (secondary N) is 2. The van der Waals surface area contributed by atoms with Gasteiger partial charge in [0.1, 0.15) is 11.6 Å². The lowest BCUT2D eigenvalue weighted by Crippen LogP contribution is -2.55. The summed E-state index contributed by atoms with van der Waals surface area (Å²) in [7, 11) is 3.56. The maximum Gasteiger partial charge on any atom is 0.226 e. The predicted octanol–water partition coefficient (Wildman–Crippen LogP) is 4.46. The number of aldehydes is 1. The number of fused-ring (bicyclic) bond motifs is 4. The van der Waals surface area contributed by atoms with Crippen LogP contribution >= 0.6 is 11.6 Å².